The van der Waals surface area contributed by atoms with Crippen LogP contribution >= 0.6 is 11.8 Å². The van der Waals surface area contributed by atoms with Crippen molar-refractivity contribution in [2.24, 2.45) is 4.40 Å². The summed E-state index contributed by atoms with van der Waals surface area (Å²) in [5, 5.41) is 6.86. The molecule has 0 atom stereocenters. The highest BCUT2D eigenvalue weighted by Crippen LogP contribution is 2.32. The average molecular weight is 441 g/mol. The lowest BCUT2D eigenvalue weighted by Gasteiger charge is -2.16. The lowest BCUT2D eigenvalue weighted by Crippen LogP contribution is -2.17. The van der Waals surface area contributed by atoms with Crippen molar-refractivity contribution in [3.63, 3.8) is 0 Å². The molecule has 1 aliphatic rings. The first kappa shape index (κ1) is 20.0. The number of sulfonamides is 1. The normalized spacial score (nSPS) is 15.0. The zero-order valence-electron chi connectivity index (χ0n) is 15.8. The number of H-pyrrole nitrogens is 1. The third-order valence-electron chi connectivity index (χ3n) is 4.19. The Bertz CT molecular complexity index is 1250. The van der Waals surface area contributed by atoms with E-state index in [1.165, 1.54) is 24.5 Å². The van der Waals surface area contributed by atoms with E-state index in [9.17, 15) is 13.2 Å². The van der Waals surface area contributed by atoms with Gasteiger partial charge in [0.25, 0.3) is 10.0 Å². The molecule has 3 aromatic rings. The Kier molecular flexibility index (Phi) is 5.51. The summed E-state index contributed by atoms with van der Waals surface area (Å²) in [7, 11) is -4.01. The van der Waals surface area contributed by atoms with Crippen LogP contribution in [0.3, 0.4) is 0 Å². The lowest BCUT2D eigenvalue weighted by atomic mass is 9.94. The number of nitrogens with one attached hydrogen (secondary N) is 1. The number of Topliss-reactive ketones (excluding diaryl/α,β-unsaturated/α-hetero) is 1. The summed E-state index contributed by atoms with van der Waals surface area (Å²) in [6, 6.07) is 12.8. The van der Waals surface area contributed by atoms with Crippen molar-refractivity contribution in [3.8, 4) is 5.75 Å². The average Bonchev–Trinajstić information content (AvgIpc) is 3.25. The highest BCUT2D eigenvalue weighted by atomic mass is 32.2. The van der Waals surface area contributed by atoms with Gasteiger partial charge in [-0.15, -0.1) is 0 Å². The van der Waals surface area contributed by atoms with Gasteiger partial charge in [-0.05, 0) is 49.0 Å². The van der Waals surface area contributed by atoms with E-state index in [4.69, 9.17) is 4.74 Å². The third kappa shape index (κ3) is 4.05. The smallest absolute Gasteiger partial charge is 0.282 e. The summed E-state index contributed by atoms with van der Waals surface area (Å²) in [6.45, 7) is 2.33. The predicted octanol–water partition coefficient (Wildman–Crippen LogP) is 3.25. The van der Waals surface area contributed by atoms with Gasteiger partial charge in [-0.2, -0.15) is 17.9 Å². The molecule has 0 unspecified atom stereocenters. The maximum Gasteiger partial charge on any atom is 0.282 e. The molecule has 1 N–H and O–H groups in total. The van der Waals surface area contributed by atoms with Gasteiger partial charge in [-0.1, -0.05) is 24.3 Å². The fourth-order valence-corrected chi connectivity index (χ4v) is 4.64. The highest BCUT2D eigenvalue weighted by molar-refractivity contribution is 8.04. The van der Waals surface area contributed by atoms with Crippen LogP contribution in [0.25, 0.3) is 0 Å². The number of carbonyl (C=O) groups is 1. The number of rotatable bonds is 6. The van der Waals surface area contributed by atoms with Gasteiger partial charge in [0.15, 0.2) is 5.16 Å². The Labute approximate surface area is 177 Å². The molecule has 1 aliphatic carbocycles. The zero-order valence-corrected chi connectivity index (χ0v) is 17.4. The van der Waals surface area contributed by atoms with E-state index in [-0.39, 0.29) is 16.4 Å². The molecule has 10 heteroatoms. The number of allylic oxidation sites excluding steroid dienone is 2. The minimum atomic E-state index is -4.01. The summed E-state index contributed by atoms with van der Waals surface area (Å²) in [6.07, 6.45) is 2.79. The van der Waals surface area contributed by atoms with Crippen LogP contribution in [0.4, 0.5) is 0 Å². The predicted molar refractivity (Wildman–Crippen MR) is 112 cm³/mol. The minimum absolute atomic E-state index is 0.0330. The second-order valence-corrected chi connectivity index (χ2v) is 8.77. The van der Waals surface area contributed by atoms with Gasteiger partial charge >= 0.3 is 0 Å². The van der Waals surface area contributed by atoms with Crippen molar-refractivity contribution >= 4 is 33.3 Å². The number of hydrogen-bond donors (Lipinski definition) is 1. The molecule has 0 saturated heterocycles. The number of benzene rings is 2. The van der Waals surface area contributed by atoms with Crippen LogP contribution in [0.2, 0.25) is 0 Å². The molecule has 0 aliphatic heterocycles. The molecule has 1 heterocycles. The Balaban J connectivity index is 1.76. The molecule has 8 nitrogen and oxygen atoms in total. The summed E-state index contributed by atoms with van der Waals surface area (Å²) in [5.74, 6) is 0.341. The fraction of sp³-hybridized carbons (Fsp3) is 0.100. The maximum atomic E-state index is 12.9. The van der Waals surface area contributed by atoms with Crippen molar-refractivity contribution in [3.05, 3.63) is 77.0 Å². The van der Waals surface area contributed by atoms with E-state index in [0.29, 0.717) is 33.5 Å². The number of aromatic amines is 1. The lowest BCUT2D eigenvalue weighted by molar-refractivity contribution is 0.104. The Morgan fingerprint density at radius 1 is 1.10 bits per heavy atom. The first-order valence-corrected chi connectivity index (χ1v) is 11.2. The summed E-state index contributed by atoms with van der Waals surface area (Å²) in [4.78, 5) is 17.2. The van der Waals surface area contributed by atoms with Crippen LogP contribution in [0.15, 0.2) is 80.3 Å². The van der Waals surface area contributed by atoms with Crippen LogP contribution in [-0.4, -0.2) is 41.7 Å². The van der Waals surface area contributed by atoms with Crippen LogP contribution in [-0.2, 0) is 10.0 Å². The molecule has 0 amide bonds. The number of ketones is 1. The van der Waals surface area contributed by atoms with E-state index >= 15 is 0 Å². The highest BCUT2D eigenvalue weighted by Gasteiger charge is 2.27. The molecule has 2 aromatic carbocycles. The van der Waals surface area contributed by atoms with E-state index in [2.05, 4.69) is 19.6 Å². The Hall–Kier alpha value is -3.24. The van der Waals surface area contributed by atoms with E-state index in [0.717, 1.165) is 11.8 Å². The standard InChI is InChI=1S/C20H16N4O4S2/c1-2-28-13-7-9-14(10-8-13)30(26,27)24-17-11-18(29-20-21-12-22-23-20)19(25)16-6-4-3-5-15(16)17/h3-12H,2H2,1H3,(H,21,22,23)/b24-17+. The van der Waals surface area contributed by atoms with Gasteiger partial charge in [0.2, 0.25) is 5.78 Å². The summed E-state index contributed by atoms with van der Waals surface area (Å²) in [5.41, 5.74) is 1.02. The van der Waals surface area contributed by atoms with E-state index in [1.54, 1.807) is 36.4 Å². The number of fused-ring (bicyclic) bond motifs is 1. The fourth-order valence-electron chi connectivity index (χ4n) is 2.86. The second-order valence-electron chi connectivity index (χ2n) is 6.13. The molecule has 152 valence electrons. The zero-order chi connectivity index (χ0) is 21.1. The van der Waals surface area contributed by atoms with Gasteiger partial charge in [0, 0.05) is 11.1 Å². The molecule has 0 radical (unpaired) electrons. The van der Waals surface area contributed by atoms with Crippen molar-refractivity contribution in [2.75, 3.05) is 6.61 Å². The van der Waals surface area contributed by atoms with Gasteiger partial charge in [0.1, 0.15) is 12.1 Å². The van der Waals surface area contributed by atoms with Crippen molar-refractivity contribution < 1.29 is 17.9 Å². The molecule has 0 bridgehead atoms. The van der Waals surface area contributed by atoms with Crippen LogP contribution < -0.4 is 4.74 Å². The SMILES string of the molecule is CCOc1ccc(S(=O)(=O)/N=C2\C=C(Sc3ncn[nH]3)C(=O)c3ccccc32)cc1. The second kappa shape index (κ2) is 8.25. The first-order chi connectivity index (χ1) is 14.5. The van der Waals surface area contributed by atoms with Crippen LogP contribution in [0.1, 0.15) is 22.8 Å². The number of nitrogens with zero attached hydrogens (tertiary/aromatic N) is 3. The quantitative estimate of drug-likeness (QED) is 0.626. The monoisotopic (exact) mass is 440 g/mol. The molecule has 0 fully saturated rings. The van der Waals surface area contributed by atoms with E-state index in [1.807, 2.05) is 6.92 Å². The first-order valence-electron chi connectivity index (χ1n) is 8.95. The molecule has 4 rings (SSSR count). The largest absolute Gasteiger partial charge is 0.494 e. The molecular weight excluding hydrogens is 424 g/mol. The van der Waals surface area contributed by atoms with Gasteiger partial charge < -0.3 is 4.74 Å². The molecule has 30 heavy (non-hydrogen) atoms. The van der Waals surface area contributed by atoms with Crippen LogP contribution in [0.5, 0.6) is 5.75 Å². The molecule has 0 spiro atoms. The Morgan fingerprint density at radius 2 is 1.83 bits per heavy atom. The van der Waals surface area contributed by atoms with Crippen molar-refractivity contribution in [1.82, 2.24) is 15.2 Å². The summed E-state index contributed by atoms with van der Waals surface area (Å²) >= 11 is 1.07. The third-order valence-corrected chi connectivity index (χ3v) is 6.41. The minimum Gasteiger partial charge on any atom is -0.494 e. The Morgan fingerprint density at radius 3 is 2.50 bits per heavy atom. The molecular formula is C20H16N4O4S2. The summed E-state index contributed by atoms with van der Waals surface area (Å²) < 4.78 is 35.2. The number of carbonyl (C=O) groups excluding carboxylic acids is 1. The van der Waals surface area contributed by atoms with E-state index < -0.39 is 10.0 Å². The number of ether oxygens (including phenoxy) is 1. The van der Waals surface area contributed by atoms with Gasteiger partial charge in [-0.3, -0.25) is 9.89 Å². The maximum absolute atomic E-state index is 12.9. The number of aromatic nitrogens is 3. The van der Waals surface area contributed by atoms with Crippen molar-refractivity contribution in [1.29, 1.82) is 0 Å². The van der Waals surface area contributed by atoms with Gasteiger partial charge in [0.05, 0.1) is 22.1 Å². The van der Waals surface area contributed by atoms with Crippen LogP contribution in [0, 0.1) is 0 Å². The van der Waals surface area contributed by atoms with Gasteiger partial charge in [-0.25, -0.2) is 4.98 Å². The number of hydrogen-bond acceptors (Lipinski definition) is 7. The number of thioether (sulfide) groups is 1. The molecule has 1 aromatic heterocycles. The molecule has 0 saturated carbocycles. The van der Waals surface area contributed by atoms with Crippen molar-refractivity contribution in [2.45, 2.75) is 17.0 Å². The topological polar surface area (TPSA) is 114 Å².